The summed E-state index contributed by atoms with van der Waals surface area (Å²) in [6.07, 6.45) is 0. The van der Waals surface area contributed by atoms with E-state index in [9.17, 15) is 0 Å². The van der Waals surface area contributed by atoms with E-state index in [4.69, 9.17) is 0 Å². The predicted octanol–water partition coefficient (Wildman–Crippen LogP) is 2.02. The van der Waals surface area contributed by atoms with Crippen molar-refractivity contribution in [2.75, 3.05) is 20.1 Å². The minimum atomic E-state index is 0.723. The number of benzene rings is 1. The van der Waals surface area contributed by atoms with Crippen molar-refractivity contribution in [1.82, 2.24) is 10.2 Å². The van der Waals surface area contributed by atoms with E-state index >= 15 is 0 Å². The zero-order chi connectivity index (χ0) is 11.7. The Morgan fingerprint density at radius 1 is 1.19 bits per heavy atom. The largest absolute Gasteiger partial charge is 0.314 e. The van der Waals surface area contributed by atoms with Crippen molar-refractivity contribution in [3.63, 3.8) is 0 Å². The Bertz CT molecular complexity index is 381. The molecule has 1 aromatic rings. The molecule has 0 spiro atoms. The third-order valence-corrected chi connectivity index (χ3v) is 3.97. The number of nitrogens with one attached hydrogen (secondary N) is 1. The molecular weight excluding hydrogens is 196 g/mol. The van der Waals surface area contributed by atoms with Gasteiger partial charge in [0, 0.05) is 25.7 Å². The van der Waals surface area contributed by atoms with Gasteiger partial charge in [0.05, 0.1) is 0 Å². The molecule has 1 aliphatic heterocycles. The fraction of sp³-hybridized carbons (Fsp3) is 0.571. The predicted molar refractivity (Wildman–Crippen MR) is 68.8 cm³/mol. The molecule has 2 nitrogen and oxygen atoms in total. The van der Waals surface area contributed by atoms with Gasteiger partial charge in [0.2, 0.25) is 0 Å². The fourth-order valence-electron chi connectivity index (χ4n) is 2.17. The number of rotatable bonds is 3. The molecule has 1 saturated heterocycles. The van der Waals surface area contributed by atoms with Gasteiger partial charge < -0.3 is 5.32 Å². The van der Waals surface area contributed by atoms with E-state index in [0.717, 1.165) is 25.7 Å². The second-order valence-electron chi connectivity index (χ2n) is 5.02. The summed E-state index contributed by atoms with van der Waals surface area (Å²) in [5.41, 5.74) is 5.77. The minimum Gasteiger partial charge on any atom is -0.314 e. The third-order valence-electron chi connectivity index (χ3n) is 3.97. The van der Waals surface area contributed by atoms with Gasteiger partial charge in [-0.3, -0.25) is 4.90 Å². The van der Waals surface area contributed by atoms with Crippen LogP contribution in [0.15, 0.2) is 12.1 Å². The smallest absolute Gasteiger partial charge is 0.0345 e. The molecule has 0 radical (unpaired) electrons. The average molecular weight is 218 g/mol. The van der Waals surface area contributed by atoms with E-state index in [-0.39, 0.29) is 0 Å². The van der Waals surface area contributed by atoms with Crippen LogP contribution in [0.4, 0.5) is 0 Å². The molecule has 1 N–H and O–H groups in total. The minimum absolute atomic E-state index is 0.723. The van der Waals surface area contributed by atoms with Crippen molar-refractivity contribution >= 4 is 0 Å². The highest BCUT2D eigenvalue weighted by molar-refractivity contribution is 5.38. The van der Waals surface area contributed by atoms with Crippen molar-refractivity contribution in [3.8, 4) is 0 Å². The molecule has 0 aromatic heterocycles. The summed E-state index contributed by atoms with van der Waals surface area (Å²) in [6.45, 7) is 10.00. The van der Waals surface area contributed by atoms with Crippen molar-refractivity contribution in [3.05, 3.63) is 34.4 Å². The molecule has 0 amide bonds. The van der Waals surface area contributed by atoms with Crippen molar-refractivity contribution in [2.45, 2.75) is 33.4 Å². The fourth-order valence-corrected chi connectivity index (χ4v) is 2.17. The summed E-state index contributed by atoms with van der Waals surface area (Å²) in [4.78, 5) is 2.45. The Morgan fingerprint density at radius 3 is 2.44 bits per heavy atom. The molecule has 88 valence electrons. The Morgan fingerprint density at radius 2 is 1.88 bits per heavy atom. The molecule has 0 bridgehead atoms. The van der Waals surface area contributed by atoms with Gasteiger partial charge in [-0.05, 0) is 50.1 Å². The number of nitrogens with zero attached hydrogens (tertiary/aromatic N) is 1. The topological polar surface area (TPSA) is 15.3 Å². The monoisotopic (exact) mass is 218 g/mol. The van der Waals surface area contributed by atoms with E-state index in [1.165, 1.54) is 22.3 Å². The van der Waals surface area contributed by atoms with Gasteiger partial charge in [-0.1, -0.05) is 12.1 Å². The second-order valence-corrected chi connectivity index (χ2v) is 5.02. The highest BCUT2D eigenvalue weighted by Gasteiger charge is 2.21. The van der Waals surface area contributed by atoms with Gasteiger partial charge >= 0.3 is 0 Å². The molecule has 0 atom stereocenters. The average Bonchev–Trinajstić information content (AvgIpc) is 2.16. The number of hydrogen-bond acceptors (Lipinski definition) is 2. The second kappa shape index (κ2) is 4.56. The van der Waals surface area contributed by atoms with Gasteiger partial charge in [-0.2, -0.15) is 0 Å². The van der Waals surface area contributed by atoms with E-state index in [2.05, 4.69) is 50.2 Å². The van der Waals surface area contributed by atoms with Gasteiger partial charge in [-0.15, -0.1) is 0 Å². The maximum absolute atomic E-state index is 3.32. The standard InChI is InChI=1S/C14H22N2/c1-10-5-6-13(12(3)11(10)2)9-16(4)14-7-15-8-14/h5-6,14-15H,7-9H2,1-4H3. The van der Waals surface area contributed by atoms with Crippen LogP contribution in [-0.4, -0.2) is 31.1 Å². The van der Waals surface area contributed by atoms with Crippen LogP contribution >= 0.6 is 0 Å². The van der Waals surface area contributed by atoms with Crippen molar-refractivity contribution in [1.29, 1.82) is 0 Å². The van der Waals surface area contributed by atoms with Crippen LogP contribution in [0.1, 0.15) is 22.3 Å². The first-order chi connectivity index (χ1) is 7.59. The number of hydrogen-bond donors (Lipinski definition) is 1. The van der Waals surface area contributed by atoms with Crippen LogP contribution in [0.25, 0.3) is 0 Å². The van der Waals surface area contributed by atoms with Gasteiger partial charge in [0.1, 0.15) is 0 Å². The maximum atomic E-state index is 3.32. The van der Waals surface area contributed by atoms with Crippen LogP contribution in [0.3, 0.4) is 0 Å². The molecule has 2 rings (SSSR count). The summed E-state index contributed by atoms with van der Waals surface area (Å²) in [5.74, 6) is 0. The SMILES string of the molecule is Cc1ccc(CN(C)C2CNC2)c(C)c1C. The van der Waals surface area contributed by atoms with Gasteiger partial charge in [0.25, 0.3) is 0 Å². The van der Waals surface area contributed by atoms with Crippen LogP contribution in [-0.2, 0) is 6.54 Å². The van der Waals surface area contributed by atoms with E-state index < -0.39 is 0 Å². The number of aryl methyl sites for hydroxylation is 1. The first-order valence-electron chi connectivity index (χ1n) is 6.06. The highest BCUT2D eigenvalue weighted by atomic mass is 15.2. The van der Waals surface area contributed by atoms with E-state index in [1.54, 1.807) is 0 Å². The van der Waals surface area contributed by atoms with E-state index in [1.807, 2.05) is 0 Å². The molecule has 16 heavy (non-hydrogen) atoms. The lowest BCUT2D eigenvalue weighted by Gasteiger charge is -2.36. The molecule has 0 saturated carbocycles. The van der Waals surface area contributed by atoms with Gasteiger partial charge in [-0.25, -0.2) is 0 Å². The Balaban J connectivity index is 2.11. The zero-order valence-electron chi connectivity index (χ0n) is 10.8. The molecule has 1 aromatic carbocycles. The Hall–Kier alpha value is -0.860. The summed E-state index contributed by atoms with van der Waals surface area (Å²) < 4.78 is 0. The summed E-state index contributed by atoms with van der Waals surface area (Å²) in [5, 5.41) is 3.32. The van der Waals surface area contributed by atoms with Crippen molar-refractivity contribution in [2.24, 2.45) is 0 Å². The quantitative estimate of drug-likeness (QED) is 0.835. The molecule has 2 heteroatoms. The summed E-state index contributed by atoms with van der Waals surface area (Å²) in [7, 11) is 2.22. The van der Waals surface area contributed by atoms with Crippen LogP contribution in [0, 0.1) is 20.8 Å². The summed E-state index contributed by atoms with van der Waals surface area (Å²) in [6, 6.07) is 5.24. The van der Waals surface area contributed by atoms with E-state index in [0.29, 0.717) is 0 Å². The maximum Gasteiger partial charge on any atom is 0.0345 e. The lowest BCUT2D eigenvalue weighted by Crippen LogP contribution is -2.55. The third kappa shape index (κ3) is 2.13. The first-order valence-corrected chi connectivity index (χ1v) is 6.06. The van der Waals surface area contributed by atoms with Crippen LogP contribution in [0.2, 0.25) is 0 Å². The molecule has 1 heterocycles. The van der Waals surface area contributed by atoms with Crippen LogP contribution < -0.4 is 5.32 Å². The highest BCUT2D eigenvalue weighted by Crippen LogP contribution is 2.19. The molecular formula is C14H22N2. The Kier molecular flexibility index (Phi) is 3.31. The number of likely N-dealkylation sites (N-methyl/N-ethyl adjacent to an activating group) is 1. The first kappa shape index (κ1) is 11.6. The van der Waals surface area contributed by atoms with Crippen LogP contribution in [0.5, 0.6) is 0 Å². The lowest BCUT2D eigenvalue weighted by molar-refractivity contribution is 0.173. The normalized spacial score (nSPS) is 16.6. The molecule has 0 unspecified atom stereocenters. The molecule has 1 aliphatic rings. The molecule has 1 fully saturated rings. The lowest BCUT2D eigenvalue weighted by atomic mass is 9.98. The van der Waals surface area contributed by atoms with Gasteiger partial charge in [0.15, 0.2) is 0 Å². The van der Waals surface area contributed by atoms with Crippen molar-refractivity contribution < 1.29 is 0 Å². The molecule has 0 aliphatic carbocycles. The zero-order valence-corrected chi connectivity index (χ0v) is 10.8. The Labute approximate surface area is 98.7 Å². The summed E-state index contributed by atoms with van der Waals surface area (Å²) >= 11 is 0.